The third-order valence-electron chi connectivity index (χ3n) is 5.47. The van der Waals surface area contributed by atoms with Gasteiger partial charge in [-0.1, -0.05) is 6.92 Å². The van der Waals surface area contributed by atoms with Gasteiger partial charge in [0.1, 0.15) is 0 Å². The second-order valence-electron chi connectivity index (χ2n) is 7.19. The van der Waals surface area contributed by atoms with E-state index in [9.17, 15) is 0 Å². The predicted molar refractivity (Wildman–Crippen MR) is 79.8 cm³/mol. The predicted octanol–water partition coefficient (Wildman–Crippen LogP) is 2.13. The molecule has 0 bridgehead atoms. The van der Waals surface area contributed by atoms with Gasteiger partial charge in [0.05, 0.1) is 13.2 Å². The number of likely N-dealkylation sites (N-methyl/N-ethyl adjacent to an activating group) is 1. The first-order valence-electron chi connectivity index (χ1n) is 8.34. The molecule has 3 rings (SSSR count). The van der Waals surface area contributed by atoms with Crippen molar-refractivity contribution in [1.29, 1.82) is 0 Å². The molecule has 0 radical (unpaired) electrons. The van der Waals surface area contributed by atoms with E-state index in [0.717, 1.165) is 39.0 Å². The van der Waals surface area contributed by atoms with Crippen LogP contribution in [0.15, 0.2) is 0 Å². The van der Waals surface area contributed by atoms with Crippen LogP contribution < -0.4 is 5.32 Å². The average molecular weight is 282 g/mol. The first-order chi connectivity index (χ1) is 9.56. The Morgan fingerprint density at radius 2 is 1.95 bits per heavy atom. The van der Waals surface area contributed by atoms with E-state index >= 15 is 0 Å². The van der Waals surface area contributed by atoms with Gasteiger partial charge in [0.2, 0.25) is 0 Å². The van der Waals surface area contributed by atoms with Crippen LogP contribution in [0.25, 0.3) is 0 Å². The number of nitrogens with zero attached hydrogens (tertiary/aromatic N) is 1. The molecule has 0 aromatic carbocycles. The topological polar surface area (TPSA) is 33.7 Å². The smallest absolute Gasteiger partial charge is 0.170 e. The Morgan fingerprint density at radius 1 is 1.20 bits per heavy atom. The van der Waals surface area contributed by atoms with E-state index in [1.54, 1.807) is 0 Å². The molecule has 116 valence electrons. The summed E-state index contributed by atoms with van der Waals surface area (Å²) in [6, 6.07) is 1.12. The molecule has 0 aromatic heterocycles. The molecule has 2 heterocycles. The molecule has 0 aromatic rings. The third kappa shape index (κ3) is 2.63. The number of nitrogens with one attached hydrogen (secondary N) is 1. The van der Waals surface area contributed by atoms with Gasteiger partial charge in [-0.2, -0.15) is 0 Å². The van der Waals surface area contributed by atoms with Gasteiger partial charge >= 0.3 is 0 Å². The highest BCUT2D eigenvalue weighted by Crippen LogP contribution is 2.42. The van der Waals surface area contributed by atoms with Gasteiger partial charge in [0.25, 0.3) is 0 Å². The SMILES string of the molecule is CCNC1CCC2(CC1N1CCCC1(C)C)OCCO2. The van der Waals surface area contributed by atoms with Crippen LogP contribution in [0.1, 0.15) is 52.9 Å². The number of likely N-dealkylation sites (tertiary alicyclic amines) is 1. The van der Waals surface area contributed by atoms with Crippen LogP contribution in [-0.4, -0.2) is 54.6 Å². The molecule has 3 aliphatic rings. The third-order valence-corrected chi connectivity index (χ3v) is 5.47. The molecule has 2 saturated heterocycles. The molecule has 4 nitrogen and oxygen atoms in total. The van der Waals surface area contributed by atoms with Crippen LogP contribution >= 0.6 is 0 Å². The average Bonchev–Trinajstić information content (AvgIpc) is 2.99. The summed E-state index contributed by atoms with van der Waals surface area (Å²) < 4.78 is 12.0. The minimum absolute atomic E-state index is 0.282. The first-order valence-corrected chi connectivity index (χ1v) is 8.34. The Bertz CT molecular complexity index is 339. The largest absolute Gasteiger partial charge is 0.347 e. The number of rotatable bonds is 3. The Morgan fingerprint density at radius 3 is 2.55 bits per heavy atom. The number of ether oxygens (including phenoxy) is 2. The summed E-state index contributed by atoms with van der Waals surface area (Å²) in [5, 5.41) is 3.70. The van der Waals surface area contributed by atoms with Crippen molar-refractivity contribution in [1.82, 2.24) is 10.2 Å². The molecule has 1 aliphatic carbocycles. The van der Waals surface area contributed by atoms with E-state index in [2.05, 4.69) is 31.0 Å². The summed E-state index contributed by atoms with van der Waals surface area (Å²) >= 11 is 0. The van der Waals surface area contributed by atoms with Crippen molar-refractivity contribution in [2.75, 3.05) is 26.3 Å². The lowest BCUT2D eigenvalue weighted by Gasteiger charge is -2.49. The molecule has 2 unspecified atom stereocenters. The summed E-state index contributed by atoms with van der Waals surface area (Å²) in [5.41, 5.74) is 0.315. The molecule has 20 heavy (non-hydrogen) atoms. The molecular weight excluding hydrogens is 252 g/mol. The molecule has 3 fully saturated rings. The van der Waals surface area contributed by atoms with Gasteiger partial charge in [-0.25, -0.2) is 0 Å². The summed E-state index contributed by atoms with van der Waals surface area (Å²) in [6.45, 7) is 10.8. The van der Waals surface area contributed by atoms with E-state index in [1.165, 1.54) is 19.4 Å². The van der Waals surface area contributed by atoms with Crippen molar-refractivity contribution in [2.45, 2.75) is 76.3 Å². The Hall–Kier alpha value is -0.160. The van der Waals surface area contributed by atoms with Crippen molar-refractivity contribution in [3.05, 3.63) is 0 Å². The number of hydrogen-bond acceptors (Lipinski definition) is 4. The van der Waals surface area contributed by atoms with Crippen LogP contribution in [0, 0.1) is 0 Å². The van der Waals surface area contributed by atoms with Crippen molar-refractivity contribution in [3.8, 4) is 0 Å². The quantitative estimate of drug-likeness (QED) is 0.860. The molecule has 1 spiro atoms. The highest BCUT2D eigenvalue weighted by Gasteiger charge is 2.49. The van der Waals surface area contributed by atoms with E-state index < -0.39 is 0 Å². The molecule has 1 N–H and O–H groups in total. The van der Waals surface area contributed by atoms with Crippen LogP contribution in [0.4, 0.5) is 0 Å². The van der Waals surface area contributed by atoms with Gasteiger partial charge < -0.3 is 14.8 Å². The Balaban J connectivity index is 1.78. The van der Waals surface area contributed by atoms with E-state index in [0.29, 0.717) is 17.6 Å². The van der Waals surface area contributed by atoms with Gasteiger partial charge in [-0.3, -0.25) is 4.90 Å². The monoisotopic (exact) mass is 282 g/mol. The Kier molecular flexibility index (Phi) is 4.10. The van der Waals surface area contributed by atoms with E-state index in [-0.39, 0.29) is 5.79 Å². The lowest BCUT2D eigenvalue weighted by atomic mass is 9.83. The second kappa shape index (κ2) is 5.56. The highest BCUT2D eigenvalue weighted by molar-refractivity contribution is 5.02. The standard InChI is InChI=1S/C16H30N2O2/c1-4-17-13-6-8-16(19-10-11-20-16)12-14(13)18-9-5-7-15(18,2)3/h13-14,17H,4-12H2,1-3H3. The molecule has 0 amide bonds. The summed E-state index contributed by atoms with van der Waals surface area (Å²) in [6.07, 6.45) is 5.84. The zero-order valence-electron chi connectivity index (χ0n) is 13.3. The van der Waals surface area contributed by atoms with Gasteiger partial charge in [0, 0.05) is 30.5 Å². The molecule has 1 saturated carbocycles. The van der Waals surface area contributed by atoms with Gasteiger partial charge in [-0.15, -0.1) is 0 Å². The first kappa shape index (κ1) is 14.8. The normalized spacial score (nSPS) is 36.8. The fourth-order valence-electron chi connectivity index (χ4n) is 4.46. The fourth-order valence-corrected chi connectivity index (χ4v) is 4.46. The van der Waals surface area contributed by atoms with Crippen molar-refractivity contribution in [3.63, 3.8) is 0 Å². The van der Waals surface area contributed by atoms with E-state index in [4.69, 9.17) is 9.47 Å². The Labute approximate surface area is 123 Å². The fraction of sp³-hybridized carbons (Fsp3) is 1.00. The van der Waals surface area contributed by atoms with Gasteiger partial charge in [0.15, 0.2) is 5.79 Å². The molecule has 2 aliphatic heterocycles. The van der Waals surface area contributed by atoms with Crippen LogP contribution in [0.2, 0.25) is 0 Å². The van der Waals surface area contributed by atoms with Crippen molar-refractivity contribution < 1.29 is 9.47 Å². The maximum atomic E-state index is 5.99. The summed E-state index contributed by atoms with van der Waals surface area (Å²) in [4.78, 5) is 2.71. The lowest BCUT2D eigenvalue weighted by molar-refractivity contribution is -0.196. The van der Waals surface area contributed by atoms with Crippen LogP contribution in [0.3, 0.4) is 0 Å². The molecule has 4 heteroatoms. The van der Waals surface area contributed by atoms with Crippen LogP contribution in [-0.2, 0) is 9.47 Å². The van der Waals surface area contributed by atoms with Crippen molar-refractivity contribution >= 4 is 0 Å². The highest BCUT2D eigenvalue weighted by atomic mass is 16.7. The minimum Gasteiger partial charge on any atom is -0.347 e. The molecule has 2 atom stereocenters. The maximum Gasteiger partial charge on any atom is 0.170 e. The number of hydrogen-bond donors (Lipinski definition) is 1. The lowest BCUT2D eigenvalue weighted by Crippen LogP contribution is -2.60. The zero-order valence-corrected chi connectivity index (χ0v) is 13.3. The summed E-state index contributed by atoms with van der Waals surface area (Å²) in [7, 11) is 0. The molecular formula is C16H30N2O2. The summed E-state index contributed by atoms with van der Waals surface area (Å²) in [5.74, 6) is -0.282. The minimum atomic E-state index is -0.282. The van der Waals surface area contributed by atoms with Crippen LogP contribution in [0.5, 0.6) is 0 Å². The van der Waals surface area contributed by atoms with Crippen molar-refractivity contribution in [2.24, 2.45) is 0 Å². The maximum absolute atomic E-state index is 5.99. The van der Waals surface area contributed by atoms with Gasteiger partial charge in [-0.05, 0) is 46.2 Å². The van der Waals surface area contributed by atoms with E-state index in [1.807, 2.05) is 0 Å². The second-order valence-corrected chi connectivity index (χ2v) is 7.19. The zero-order chi connectivity index (χ0) is 14.2.